The molecule has 0 aromatic heterocycles. The van der Waals surface area contributed by atoms with Crippen LogP contribution in [0.3, 0.4) is 0 Å². The molecule has 1 aromatic carbocycles. The van der Waals surface area contributed by atoms with Gasteiger partial charge in [0.25, 0.3) is 0 Å². The number of nitrogens with zero attached hydrogens (tertiary/aromatic N) is 1. The molecule has 1 fully saturated rings. The third kappa shape index (κ3) is 4.31. The van der Waals surface area contributed by atoms with Crippen molar-refractivity contribution in [3.63, 3.8) is 0 Å². The molecule has 124 valence electrons. The van der Waals surface area contributed by atoms with Crippen LogP contribution in [0.25, 0.3) is 0 Å². The Morgan fingerprint density at radius 3 is 2.27 bits per heavy atom. The van der Waals surface area contributed by atoms with Gasteiger partial charge in [0.15, 0.2) is 0 Å². The van der Waals surface area contributed by atoms with Crippen LogP contribution in [0.5, 0.6) is 0 Å². The molecule has 1 aliphatic rings. The van der Waals surface area contributed by atoms with E-state index in [-0.39, 0.29) is 0 Å². The van der Waals surface area contributed by atoms with Crippen LogP contribution in [0.1, 0.15) is 38.7 Å². The lowest BCUT2D eigenvalue weighted by molar-refractivity contribution is 0.278. The first kappa shape index (κ1) is 17.4. The topological polar surface area (TPSA) is 63.4 Å². The minimum atomic E-state index is -3.35. The summed E-state index contributed by atoms with van der Waals surface area (Å²) in [6.07, 6.45) is 3.85. The van der Waals surface area contributed by atoms with E-state index in [1.54, 1.807) is 16.4 Å². The van der Waals surface area contributed by atoms with Gasteiger partial charge in [-0.05, 0) is 61.8 Å². The summed E-state index contributed by atoms with van der Waals surface area (Å²) in [5, 5.41) is 0. The van der Waals surface area contributed by atoms with E-state index in [0.29, 0.717) is 36.4 Å². The normalized spacial score (nSPS) is 18.0. The third-order valence-corrected chi connectivity index (χ3v) is 6.39. The van der Waals surface area contributed by atoms with Crippen molar-refractivity contribution in [2.24, 2.45) is 17.6 Å². The Balaban J connectivity index is 2.03. The van der Waals surface area contributed by atoms with Gasteiger partial charge in [-0.2, -0.15) is 4.31 Å². The first-order valence-electron chi connectivity index (χ1n) is 8.22. The summed E-state index contributed by atoms with van der Waals surface area (Å²) in [6.45, 7) is 6.21. The van der Waals surface area contributed by atoms with E-state index in [4.69, 9.17) is 5.73 Å². The molecule has 0 aliphatic carbocycles. The van der Waals surface area contributed by atoms with E-state index in [1.165, 1.54) is 5.56 Å². The fraction of sp³-hybridized carbons (Fsp3) is 0.647. The number of hydrogen-bond donors (Lipinski definition) is 1. The molecule has 1 saturated heterocycles. The Morgan fingerprint density at radius 1 is 1.18 bits per heavy atom. The molecule has 2 N–H and O–H groups in total. The summed E-state index contributed by atoms with van der Waals surface area (Å²) in [4.78, 5) is 0.409. The first-order valence-corrected chi connectivity index (χ1v) is 9.66. The van der Waals surface area contributed by atoms with Gasteiger partial charge in [0.1, 0.15) is 0 Å². The maximum atomic E-state index is 12.7. The number of benzene rings is 1. The molecule has 0 bridgehead atoms. The smallest absolute Gasteiger partial charge is 0.243 e. The van der Waals surface area contributed by atoms with Crippen LogP contribution in [0.2, 0.25) is 0 Å². The number of hydrogen-bond acceptors (Lipinski definition) is 3. The van der Waals surface area contributed by atoms with Crippen molar-refractivity contribution in [3.8, 4) is 0 Å². The van der Waals surface area contributed by atoms with E-state index in [2.05, 4.69) is 13.8 Å². The van der Waals surface area contributed by atoms with Crippen molar-refractivity contribution < 1.29 is 8.42 Å². The summed E-state index contributed by atoms with van der Waals surface area (Å²) in [6, 6.07) is 7.39. The molecular weight excluding hydrogens is 296 g/mol. The van der Waals surface area contributed by atoms with Crippen LogP contribution >= 0.6 is 0 Å². The van der Waals surface area contributed by atoms with Gasteiger partial charge in [-0.15, -0.1) is 0 Å². The maximum Gasteiger partial charge on any atom is 0.243 e. The zero-order valence-electron chi connectivity index (χ0n) is 13.7. The van der Waals surface area contributed by atoms with E-state index in [9.17, 15) is 8.42 Å². The Labute approximate surface area is 134 Å². The second-order valence-corrected chi connectivity index (χ2v) is 8.60. The maximum absolute atomic E-state index is 12.7. The number of aryl methyl sites for hydroxylation is 1. The van der Waals surface area contributed by atoms with Gasteiger partial charge in [-0.3, -0.25) is 0 Å². The minimum absolute atomic E-state index is 0.409. The van der Waals surface area contributed by atoms with Crippen LogP contribution in [0, 0.1) is 11.8 Å². The van der Waals surface area contributed by atoms with Crippen molar-refractivity contribution in [1.82, 2.24) is 4.31 Å². The summed E-state index contributed by atoms with van der Waals surface area (Å²) < 4.78 is 26.9. The lowest BCUT2D eigenvalue weighted by Gasteiger charge is -2.30. The molecule has 1 aliphatic heterocycles. The second-order valence-electron chi connectivity index (χ2n) is 6.66. The number of nitrogens with two attached hydrogens (primary N) is 1. The predicted octanol–water partition coefficient (Wildman–Crippen LogP) is 2.63. The van der Waals surface area contributed by atoms with Crippen molar-refractivity contribution in [2.45, 2.75) is 44.4 Å². The van der Waals surface area contributed by atoms with Crippen molar-refractivity contribution in [3.05, 3.63) is 29.8 Å². The third-order valence-electron chi connectivity index (χ3n) is 4.48. The molecule has 0 saturated carbocycles. The van der Waals surface area contributed by atoms with Gasteiger partial charge in [0.2, 0.25) is 10.0 Å². The number of sulfonamides is 1. The zero-order chi connectivity index (χ0) is 16.2. The van der Waals surface area contributed by atoms with E-state index in [1.807, 2.05) is 12.1 Å². The fourth-order valence-electron chi connectivity index (χ4n) is 2.82. The van der Waals surface area contributed by atoms with Crippen molar-refractivity contribution in [2.75, 3.05) is 19.6 Å². The standard InChI is InChI=1S/C17H28N2O2S/c1-14(2)3-4-15-5-7-17(8-6-15)22(20,21)19-11-9-16(13-18)10-12-19/h5-8,14,16H,3-4,9-13,18H2,1-2H3. The highest BCUT2D eigenvalue weighted by atomic mass is 32.2. The van der Waals surface area contributed by atoms with E-state index >= 15 is 0 Å². The average molecular weight is 324 g/mol. The quantitative estimate of drug-likeness (QED) is 0.875. The van der Waals surface area contributed by atoms with Crippen LogP contribution < -0.4 is 5.73 Å². The number of piperidine rings is 1. The minimum Gasteiger partial charge on any atom is -0.330 e. The molecule has 0 amide bonds. The molecule has 22 heavy (non-hydrogen) atoms. The molecule has 4 nitrogen and oxygen atoms in total. The van der Waals surface area contributed by atoms with Crippen LogP contribution in [0.15, 0.2) is 29.2 Å². The summed E-state index contributed by atoms with van der Waals surface area (Å²) in [5.74, 6) is 1.12. The van der Waals surface area contributed by atoms with Gasteiger partial charge in [-0.25, -0.2) is 8.42 Å². The lowest BCUT2D eigenvalue weighted by atomic mass is 9.99. The second kappa shape index (κ2) is 7.57. The summed E-state index contributed by atoms with van der Waals surface area (Å²) in [5.41, 5.74) is 6.87. The lowest BCUT2D eigenvalue weighted by Crippen LogP contribution is -2.39. The van der Waals surface area contributed by atoms with Gasteiger partial charge in [0, 0.05) is 13.1 Å². The molecule has 5 heteroatoms. The van der Waals surface area contributed by atoms with Gasteiger partial charge < -0.3 is 5.73 Å². The van der Waals surface area contributed by atoms with Crippen molar-refractivity contribution >= 4 is 10.0 Å². The highest BCUT2D eigenvalue weighted by molar-refractivity contribution is 7.89. The van der Waals surface area contributed by atoms with Crippen molar-refractivity contribution in [1.29, 1.82) is 0 Å². The summed E-state index contributed by atoms with van der Waals surface area (Å²) >= 11 is 0. The highest BCUT2D eigenvalue weighted by Crippen LogP contribution is 2.23. The molecule has 2 rings (SSSR count). The van der Waals surface area contributed by atoms with E-state index < -0.39 is 10.0 Å². The fourth-order valence-corrected chi connectivity index (χ4v) is 4.29. The number of rotatable bonds is 6. The monoisotopic (exact) mass is 324 g/mol. The average Bonchev–Trinajstić information content (AvgIpc) is 2.53. The van der Waals surface area contributed by atoms with Gasteiger partial charge in [-0.1, -0.05) is 26.0 Å². The molecule has 1 aromatic rings. The van der Waals surface area contributed by atoms with Crippen LogP contribution in [-0.2, 0) is 16.4 Å². The molecule has 0 unspecified atom stereocenters. The SMILES string of the molecule is CC(C)CCc1ccc(S(=O)(=O)N2CCC(CN)CC2)cc1. The van der Waals surface area contributed by atoms with Crippen LogP contribution in [-0.4, -0.2) is 32.4 Å². The Bertz CT molecular complexity index is 559. The van der Waals surface area contributed by atoms with E-state index in [0.717, 1.165) is 25.7 Å². The molecular formula is C17H28N2O2S. The largest absolute Gasteiger partial charge is 0.330 e. The van der Waals surface area contributed by atoms with Crippen LogP contribution in [0.4, 0.5) is 0 Å². The molecule has 0 radical (unpaired) electrons. The zero-order valence-corrected chi connectivity index (χ0v) is 14.5. The highest BCUT2D eigenvalue weighted by Gasteiger charge is 2.28. The van der Waals surface area contributed by atoms with Gasteiger partial charge >= 0.3 is 0 Å². The molecule has 0 spiro atoms. The molecule has 0 atom stereocenters. The summed E-state index contributed by atoms with van der Waals surface area (Å²) in [7, 11) is -3.35. The predicted molar refractivity (Wildman–Crippen MR) is 90.1 cm³/mol. The Hall–Kier alpha value is -0.910. The first-order chi connectivity index (χ1) is 10.4. The Morgan fingerprint density at radius 2 is 1.77 bits per heavy atom. The Kier molecular flexibility index (Phi) is 6.01. The van der Waals surface area contributed by atoms with Gasteiger partial charge in [0.05, 0.1) is 4.90 Å². The molecule has 1 heterocycles.